The summed E-state index contributed by atoms with van der Waals surface area (Å²) < 4.78 is 6.79. The number of fused-ring (bicyclic) bond motifs is 2. The molecule has 6 heteroatoms. The fourth-order valence-corrected chi connectivity index (χ4v) is 3.06. The van der Waals surface area contributed by atoms with E-state index in [0.717, 1.165) is 0 Å². The van der Waals surface area contributed by atoms with Crippen LogP contribution >= 0.6 is 11.6 Å². The van der Waals surface area contributed by atoms with Gasteiger partial charge in [0.2, 0.25) is 0 Å². The number of hydrogen-bond acceptors (Lipinski definition) is 3. The average molecular weight is 332 g/mol. The van der Waals surface area contributed by atoms with Crippen molar-refractivity contribution in [3.8, 4) is 0 Å². The molecule has 0 atom stereocenters. The molecule has 0 aliphatic rings. The summed E-state index contributed by atoms with van der Waals surface area (Å²) in [6, 6.07) is 10.2. The normalized spacial score (nSPS) is 11.2. The van der Waals surface area contributed by atoms with Gasteiger partial charge in [-0.2, -0.15) is 0 Å². The van der Waals surface area contributed by atoms with E-state index in [4.69, 9.17) is 16.3 Å². The third-order valence-corrected chi connectivity index (χ3v) is 4.12. The van der Waals surface area contributed by atoms with Crippen LogP contribution in [0.15, 0.2) is 41.2 Å². The summed E-state index contributed by atoms with van der Waals surface area (Å²) in [4.78, 5) is 24.1. The maximum absolute atomic E-state index is 12.7. The first-order chi connectivity index (χ1) is 11.0. The summed E-state index contributed by atoms with van der Waals surface area (Å²) >= 11 is 6.25. The molecule has 0 amide bonds. The lowest BCUT2D eigenvalue weighted by atomic mass is 10.1. The molecule has 1 N–H and O–H groups in total. The number of carboxylic acid groups (broad SMARTS) is 1. The molecule has 3 rings (SSSR count). The van der Waals surface area contributed by atoms with Gasteiger partial charge in [-0.15, -0.1) is 0 Å². The standard InChI is InChI=1S/C17H14ClNO4/c1-23-9-12-13(18)7-6-11-16(12)19(8-15(20)21)14-5-3-2-4-10(14)17(11)22/h2-7H,8-9H2,1H3,(H,20,21). The number of hydrogen-bond donors (Lipinski definition) is 1. The number of nitrogens with zero attached hydrogens (tertiary/aromatic N) is 1. The van der Waals surface area contributed by atoms with E-state index in [1.165, 1.54) is 7.11 Å². The Labute approximate surface area is 136 Å². The lowest BCUT2D eigenvalue weighted by molar-refractivity contribution is -0.137. The van der Waals surface area contributed by atoms with Crippen molar-refractivity contribution in [1.29, 1.82) is 0 Å². The molecule has 0 unspecified atom stereocenters. The molecule has 0 fully saturated rings. The lowest BCUT2D eigenvalue weighted by Gasteiger charge is -2.17. The van der Waals surface area contributed by atoms with E-state index in [-0.39, 0.29) is 18.6 Å². The van der Waals surface area contributed by atoms with Crippen LogP contribution in [0, 0.1) is 0 Å². The Kier molecular flexibility index (Phi) is 4.07. The van der Waals surface area contributed by atoms with Gasteiger partial charge in [0.25, 0.3) is 0 Å². The predicted molar refractivity (Wildman–Crippen MR) is 89.1 cm³/mol. The molecular formula is C17H14ClNO4. The maximum Gasteiger partial charge on any atom is 0.323 e. The van der Waals surface area contributed by atoms with Crippen LogP contribution in [0.25, 0.3) is 21.8 Å². The van der Waals surface area contributed by atoms with Gasteiger partial charge >= 0.3 is 5.97 Å². The van der Waals surface area contributed by atoms with E-state index < -0.39 is 5.97 Å². The zero-order valence-electron chi connectivity index (χ0n) is 12.4. The van der Waals surface area contributed by atoms with Crippen molar-refractivity contribution in [2.75, 3.05) is 7.11 Å². The number of halogens is 1. The molecule has 0 bridgehead atoms. The number of aromatic nitrogens is 1. The summed E-state index contributed by atoms with van der Waals surface area (Å²) in [5, 5.41) is 10.6. The second-order valence-electron chi connectivity index (χ2n) is 5.18. The SMILES string of the molecule is COCc1c(Cl)ccc2c(=O)c3ccccc3n(CC(=O)O)c12. The van der Waals surface area contributed by atoms with Crippen LogP contribution in [0.1, 0.15) is 5.56 Å². The Bertz CT molecular complexity index is 978. The first-order valence-electron chi connectivity index (χ1n) is 6.98. The summed E-state index contributed by atoms with van der Waals surface area (Å²) in [6.07, 6.45) is 0. The summed E-state index contributed by atoms with van der Waals surface area (Å²) in [5.74, 6) is -0.997. The zero-order chi connectivity index (χ0) is 16.6. The highest BCUT2D eigenvalue weighted by Gasteiger charge is 2.17. The lowest BCUT2D eigenvalue weighted by Crippen LogP contribution is -2.17. The van der Waals surface area contributed by atoms with Gasteiger partial charge in [-0.25, -0.2) is 0 Å². The van der Waals surface area contributed by atoms with Crippen molar-refractivity contribution < 1.29 is 14.6 Å². The van der Waals surface area contributed by atoms with Gasteiger partial charge < -0.3 is 14.4 Å². The topological polar surface area (TPSA) is 68.5 Å². The average Bonchev–Trinajstić information content (AvgIpc) is 2.53. The van der Waals surface area contributed by atoms with Gasteiger partial charge in [0.15, 0.2) is 5.43 Å². The first-order valence-corrected chi connectivity index (χ1v) is 7.35. The number of pyridine rings is 1. The van der Waals surface area contributed by atoms with E-state index in [2.05, 4.69) is 0 Å². The molecule has 0 aliphatic carbocycles. The zero-order valence-corrected chi connectivity index (χ0v) is 13.1. The number of para-hydroxylation sites is 1. The molecule has 23 heavy (non-hydrogen) atoms. The van der Waals surface area contributed by atoms with Gasteiger partial charge in [-0.1, -0.05) is 23.7 Å². The van der Waals surface area contributed by atoms with Crippen LogP contribution in [-0.4, -0.2) is 22.8 Å². The van der Waals surface area contributed by atoms with E-state index in [1.54, 1.807) is 41.0 Å². The predicted octanol–water partition coefficient (Wildman–Crippen LogP) is 3.04. The Hall–Kier alpha value is -2.37. The van der Waals surface area contributed by atoms with E-state index in [9.17, 15) is 14.7 Å². The number of rotatable bonds is 4. The number of methoxy groups -OCH3 is 1. The van der Waals surface area contributed by atoms with E-state index in [0.29, 0.717) is 32.4 Å². The molecule has 0 aliphatic heterocycles. The molecule has 0 saturated carbocycles. The molecule has 0 saturated heterocycles. The monoisotopic (exact) mass is 331 g/mol. The van der Waals surface area contributed by atoms with Gasteiger partial charge in [0.1, 0.15) is 6.54 Å². The van der Waals surface area contributed by atoms with Crippen molar-refractivity contribution in [2.45, 2.75) is 13.2 Å². The van der Waals surface area contributed by atoms with Gasteiger partial charge in [-0.3, -0.25) is 9.59 Å². The first kappa shape index (κ1) is 15.5. The van der Waals surface area contributed by atoms with Gasteiger partial charge in [0.05, 0.1) is 17.6 Å². The van der Waals surface area contributed by atoms with Gasteiger partial charge in [0, 0.05) is 28.5 Å². The minimum Gasteiger partial charge on any atom is -0.480 e. The van der Waals surface area contributed by atoms with Crippen LogP contribution in [0.3, 0.4) is 0 Å². The second-order valence-corrected chi connectivity index (χ2v) is 5.59. The van der Waals surface area contributed by atoms with Crippen LogP contribution < -0.4 is 5.43 Å². The second kappa shape index (κ2) is 6.02. The summed E-state index contributed by atoms with van der Waals surface area (Å²) in [6.45, 7) is -0.0814. The minimum absolute atomic E-state index is 0.147. The quantitative estimate of drug-likeness (QED) is 0.746. The number of carboxylic acids is 1. The van der Waals surface area contributed by atoms with Crippen molar-refractivity contribution in [1.82, 2.24) is 4.57 Å². The largest absolute Gasteiger partial charge is 0.480 e. The Balaban J connectivity index is 2.58. The molecule has 5 nitrogen and oxygen atoms in total. The highest BCUT2D eigenvalue weighted by Crippen LogP contribution is 2.28. The van der Waals surface area contributed by atoms with Crippen molar-refractivity contribution in [3.05, 3.63) is 57.2 Å². The number of ether oxygens (including phenoxy) is 1. The fraction of sp³-hybridized carbons (Fsp3) is 0.176. The number of benzene rings is 2. The van der Waals surface area contributed by atoms with E-state index >= 15 is 0 Å². The van der Waals surface area contributed by atoms with Crippen LogP contribution in [0.5, 0.6) is 0 Å². The smallest absolute Gasteiger partial charge is 0.323 e. The van der Waals surface area contributed by atoms with Crippen molar-refractivity contribution >= 4 is 39.4 Å². The number of aliphatic carboxylic acids is 1. The van der Waals surface area contributed by atoms with Crippen molar-refractivity contribution in [3.63, 3.8) is 0 Å². The van der Waals surface area contributed by atoms with Crippen LogP contribution in [0.4, 0.5) is 0 Å². The Morgan fingerprint density at radius 2 is 1.96 bits per heavy atom. The van der Waals surface area contributed by atoms with Crippen LogP contribution in [-0.2, 0) is 22.7 Å². The minimum atomic E-state index is -0.997. The molecule has 0 spiro atoms. The molecular weight excluding hydrogens is 318 g/mol. The van der Waals surface area contributed by atoms with Gasteiger partial charge in [-0.05, 0) is 24.3 Å². The highest BCUT2D eigenvalue weighted by molar-refractivity contribution is 6.32. The highest BCUT2D eigenvalue weighted by atomic mass is 35.5. The van der Waals surface area contributed by atoms with Crippen LogP contribution in [0.2, 0.25) is 5.02 Å². The molecule has 2 aromatic carbocycles. The molecule has 1 aromatic heterocycles. The Morgan fingerprint density at radius 3 is 2.65 bits per heavy atom. The fourth-order valence-electron chi connectivity index (χ4n) is 2.85. The third kappa shape index (κ3) is 2.58. The summed E-state index contributed by atoms with van der Waals surface area (Å²) in [7, 11) is 1.52. The van der Waals surface area contributed by atoms with E-state index in [1.807, 2.05) is 0 Å². The van der Waals surface area contributed by atoms with Crippen molar-refractivity contribution in [2.24, 2.45) is 0 Å². The maximum atomic E-state index is 12.7. The molecule has 0 radical (unpaired) electrons. The summed E-state index contributed by atoms with van der Waals surface area (Å²) in [5.41, 5.74) is 1.53. The number of carbonyl (C=O) groups is 1. The molecule has 118 valence electrons. The third-order valence-electron chi connectivity index (χ3n) is 3.76. The Morgan fingerprint density at radius 1 is 1.22 bits per heavy atom. The molecule has 3 aromatic rings. The molecule has 1 heterocycles.